The zero-order chi connectivity index (χ0) is 12.3. The molecule has 0 aliphatic carbocycles. The van der Waals surface area contributed by atoms with E-state index in [-0.39, 0.29) is 12.1 Å². The summed E-state index contributed by atoms with van der Waals surface area (Å²) in [5, 5.41) is 0. The molecule has 0 bridgehead atoms. The minimum Gasteiger partial charge on any atom is -0.380 e. The zero-order valence-corrected chi connectivity index (χ0v) is 10.7. The summed E-state index contributed by atoms with van der Waals surface area (Å²) in [6, 6.07) is 10.8. The van der Waals surface area contributed by atoms with Gasteiger partial charge in [0.2, 0.25) is 0 Å². The lowest BCUT2D eigenvalue weighted by Gasteiger charge is -2.19. The zero-order valence-electron chi connectivity index (χ0n) is 10.7. The van der Waals surface area contributed by atoms with Crippen LogP contribution in [0.4, 0.5) is 0 Å². The lowest BCUT2D eigenvalue weighted by atomic mass is 9.95. The molecular formula is C14H22N2O. The van der Waals surface area contributed by atoms with Crippen molar-refractivity contribution in [1.82, 2.24) is 4.90 Å². The third kappa shape index (κ3) is 3.06. The van der Waals surface area contributed by atoms with Gasteiger partial charge in [-0.3, -0.25) is 4.90 Å². The number of likely N-dealkylation sites (tertiary alicyclic amines) is 1. The fourth-order valence-electron chi connectivity index (χ4n) is 2.55. The van der Waals surface area contributed by atoms with Crippen LogP contribution >= 0.6 is 0 Å². The number of ether oxygens (including phenoxy) is 1. The molecule has 0 radical (unpaired) electrons. The summed E-state index contributed by atoms with van der Waals surface area (Å²) in [5.74, 6) is 0.459. The summed E-state index contributed by atoms with van der Waals surface area (Å²) < 4.78 is 5.31. The van der Waals surface area contributed by atoms with Crippen LogP contribution in [0.25, 0.3) is 0 Å². The van der Waals surface area contributed by atoms with Gasteiger partial charge in [0, 0.05) is 38.7 Å². The van der Waals surface area contributed by atoms with E-state index in [1.807, 2.05) is 0 Å². The summed E-state index contributed by atoms with van der Waals surface area (Å²) in [6.07, 6.45) is 0.275. The van der Waals surface area contributed by atoms with E-state index in [0.717, 1.165) is 19.6 Å². The third-order valence-corrected chi connectivity index (χ3v) is 3.59. The van der Waals surface area contributed by atoms with Gasteiger partial charge in [-0.1, -0.05) is 30.3 Å². The van der Waals surface area contributed by atoms with E-state index in [1.165, 1.54) is 5.56 Å². The van der Waals surface area contributed by atoms with Crippen molar-refractivity contribution in [1.29, 1.82) is 0 Å². The molecule has 94 valence electrons. The fraction of sp³-hybridized carbons (Fsp3) is 0.571. The number of nitrogens with zero attached hydrogens (tertiary/aromatic N) is 1. The molecule has 17 heavy (non-hydrogen) atoms. The van der Waals surface area contributed by atoms with E-state index >= 15 is 0 Å². The molecule has 3 atom stereocenters. The number of benzene rings is 1. The largest absolute Gasteiger partial charge is 0.380 e. The Bertz CT molecular complexity index is 341. The fourth-order valence-corrected chi connectivity index (χ4v) is 2.55. The summed E-state index contributed by atoms with van der Waals surface area (Å²) in [4.78, 5) is 2.40. The van der Waals surface area contributed by atoms with Gasteiger partial charge in [-0.05, 0) is 12.5 Å². The first-order valence-electron chi connectivity index (χ1n) is 6.26. The van der Waals surface area contributed by atoms with Gasteiger partial charge in [0.05, 0.1) is 6.10 Å². The molecule has 1 aromatic carbocycles. The first kappa shape index (κ1) is 12.6. The van der Waals surface area contributed by atoms with Crippen LogP contribution in [0.3, 0.4) is 0 Å². The first-order chi connectivity index (χ1) is 8.20. The van der Waals surface area contributed by atoms with Crippen molar-refractivity contribution in [2.24, 2.45) is 5.73 Å². The maximum absolute atomic E-state index is 6.24. The molecule has 1 fully saturated rings. The minimum absolute atomic E-state index is 0.237. The second-order valence-electron chi connectivity index (χ2n) is 4.95. The van der Waals surface area contributed by atoms with Gasteiger partial charge in [-0.25, -0.2) is 0 Å². The molecule has 0 saturated carbocycles. The first-order valence-corrected chi connectivity index (χ1v) is 6.26. The average Bonchev–Trinajstić information content (AvgIpc) is 2.71. The minimum atomic E-state index is 0.237. The molecule has 2 rings (SSSR count). The van der Waals surface area contributed by atoms with Crippen molar-refractivity contribution in [3.05, 3.63) is 35.9 Å². The highest BCUT2D eigenvalue weighted by Crippen LogP contribution is 2.26. The molecule has 0 unspecified atom stereocenters. The molecule has 3 heteroatoms. The van der Waals surface area contributed by atoms with Crippen LogP contribution in [0.15, 0.2) is 30.3 Å². The highest BCUT2D eigenvalue weighted by molar-refractivity contribution is 5.23. The van der Waals surface area contributed by atoms with Gasteiger partial charge in [0.25, 0.3) is 0 Å². The Morgan fingerprint density at radius 1 is 1.35 bits per heavy atom. The molecule has 0 amide bonds. The van der Waals surface area contributed by atoms with Crippen LogP contribution in [0, 0.1) is 0 Å². The predicted octanol–water partition coefficient (Wildman–Crippen LogP) is 1.45. The van der Waals surface area contributed by atoms with Gasteiger partial charge in [-0.15, -0.1) is 0 Å². The van der Waals surface area contributed by atoms with Crippen molar-refractivity contribution in [2.45, 2.75) is 25.0 Å². The normalized spacial score (nSPS) is 27.2. The Morgan fingerprint density at radius 2 is 2.06 bits per heavy atom. The second kappa shape index (κ2) is 5.63. The molecular weight excluding hydrogens is 212 g/mol. The standard InChI is InChI=1S/C14H22N2O/c1-11(17-2)8-16-9-13(14(15)10-16)12-6-4-3-5-7-12/h3-7,11,13-14H,8-10,15H2,1-2H3/t11-,13-,14+/m0/s1. The van der Waals surface area contributed by atoms with E-state index in [4.69, 9.17) is 10.5 Å². The maximum atomic E-state index is 6.24. The average molecular weight is 234 g/mol. The molecule has 2 N–H and O–H groups in total. The SMILES string of the molecule is CO[C@@H](C)CN1C[C@@H](N)[C@H](c2ccccc2)C1. The van der Waals surface area contributed by atoms with Crippen LogP contribution in [0.5, 0.6) is 0 Å². The van der Waals surface area contributed by atoms with E-state index < -0.39 is 0 Å². The molecule has 1 aliphatic heterocycles. The summed E-state index contributed by atoms with van der Waals surface area (Å²) in [6.45, 7) is 5.07. The van der Waals surface area contributed by atoms with Crippen molar-refractivity contribution in [3.8, 4) is 0 Å². The van der Waals surface area contributed by atoms with E-state index in [9.17, 15) is 0 Å². The Hall–Kier alpha value is -0.900. The predicted molar refractivity (Wildman–Crippen MR) is 70.1 cm³/mol. The maximum Gasteiger partial charge on any atom is 0.0670 e. The van der Waals surface area contributed by atoms with Crippen LogP contribution in [-0.2, 0) is 4.74 Å². The van der Waals surface area contributed by atoms with Crippen molar-refractivity contribution in [2.75, 3.05) is 26.7 Å². The third-order valence-electron chi connectivity index (χ3n) is 3.59. The van der Waals surface area contributed by atoms with Gasteiger partial charge in [0.1, 0.15) is 0 Å². The quantitative estimate of drug-likeness (QED) is 0.857. The van der Waals surface area contributed by atoms with Gasteiger partial charge in [0.15, 0.2) is 0 Å². The summed E-state index contributed by atoms with van der Waals surface area (Å²) in [5.41, 5.74) is 7.59. The summed E-state index contributed by atoms with van der Waals surface area (Å²) >= 11 is 0. The Kier molecular flexibility index (Phi) is 4.15. The van der Waals surface area contributed by atoms with Crippen molar-refractivity contribution >= 4 is 0 Å². The van der Waals surface area contributed by atoms with Gasteiger partial charge < -0.3 is 10.5 Å². The second-order valence-corrected chi connectivity index (χ2v) is 4.95. The molecule has 1 aromatic rings. The Labute approximate surface area is 104 Å². The van der Waals surface area contributed by atoms with E-state index in [2.05, 4.69) is 42.2 Å². The van der Waals surface area contributed by atoms with E-state index in [1.54, 1.807) is 7.11 Å². The molecule has 1 aliphatic rings. The number of methoxy groups -OCH3 is 1. The molecule has 0 spiro atoms. The molecule has 1 heterocycles. The topological polar surface area (TPSA) is 38.5 Å². The number of hydrogen-bond donors (Lipinski definition) is 1. The summed E-state index contributed by atoms with van der Waals surface area (Å²) in [7, 11) is 1.76. The Balaban J connectivity index is 1.98. The molecule has 3 nitrogen and oxygen atoms in total. The smallest absolute Gasteiger partial charge is 0.0670 e. The highest BCUT2D eigenvalue weighted by atomic mass is 16.5. The van der Waals surface area contributed by atoms with Gasteiger partial charge in [-0.2, -0.15) is 0 Å². The van der Waals surface area contributed by atoms with Crippen LogP contribution in [0.1, 0.15) is 18.4 Å². The van der Waals surface area contributed by atoms with Crippen LogP contribution < -0.4 is 5.73 Å². The van der Waals surface area contributed by atoms with Crippen molar-refractivity contribution < 1.29 is 4.74 Å². The van der Waals surface area contributed by atoms with Crippen LogP contribution in [0.2, 0.25) is 0 Å². The number of nitrogens with two attached hydrogens (primary N) is 1. The van der Waals surface area contributed by atoms with Crippen LogP contribution in [-0.4, -0.2) is 43.8 Å². The Morgan fingerprint density at radius 3 is 2.71 bits per heavy atom. The monoisotopic (exact) mass is 234 g/mol. The molecule has 1 saturated heterocycles. The van der Waals surface area contributed by atoms with Crippen molar-refractivity contribution in [3.63, 3.8) is 0 Å². The lowest BCUT2D eigenvalue weighted by Crippen LogP contribution is -2.32. The molecule has 0 aromatic heterocycles. The number of hydrogen-bond acceptors (Lipinski definition) is 3. The number of rotatable bonds is 4. The lowest BCUT2D eigenvalue weighted by molar-refractivity contribution is 0.0845. The van der Waals surface area contributed by atoms with Gasteiger partial charge >= 0.3 is 0 Å². The van der Waals surface area contributed by atoms with E-state index in [0.29, 0.717) is 5.92 Å². The highest BCUT2D eigenvalue weighted by Gasteiger charge is 2.31.